The monoisotopic (exact) mass is 299 g/mol. The Hall–Kier alpha value is -1.62. The fourth-order valence-corrected chi connectivity index (χ4v) is 4.63. The number of pyridine rings is 1. The second-order valence-corrected chi connectivity index (χ2v) is 7.31. The van der Waals surface area contributed by atoms with Crippen LogP contribution < -0.4 is 10.1 Å². The first-order valence-electron chi connectivity index (χ1n) is 8.39. The van der Waals surface area contributed by atoms with Gasteiger partial charge in [-0.3, -0.25) is 9.78 Å². The molecule has 5 heteroatoms. The first kappa shape index (κ1) is 12.9. The zero-order chi connectivity index (χ0) is 14.7. The number of nitrogens with zero attached hydrogens (tertiary/aromatic N) is 2. The van der Waals surface area contributed by atoms with Crippen LogP contribution in [0, 0.1) is 5.41 Å². The summed E-state index contributed by atoms with van der Waals surface area (Å²) in [6, 6.07) is 2.19. The molecule has 116 valence electrons. The van der Waals surface area contributed by atoms with Crippen molar-refractivity contribution in [3.63, 3.8) is 0 Å². The molecule has 4 heterocycles. The van der Waals surface area contributed by atoms with Gasteiger partial charge in [0.15, 0.2) is 0 Å². The van der Waals surface area contributed by atoms with Gasteiger partial charge in [-0.1, -0.05) is 0 Å². The van der Waals surface area contributed by atoms with E-state index in [1.807, 2.05) is 17.2 Å². The van der Waals surface area contributed by atoms with Gasteiger partial charge in [0, 0.05) is 49.7 Å². The molecule has 1 aromatic rings. The van der Waals surface area contributed by atoms with Crippen LogP contribution in [0.1, 0.15) is 43.0 Å². The van der Waals surface area contributed by atoms with Crippen LogP contribution >= 0.6 is 0 Å². The predicted octanol–water partition coefficient (Wildman–Crippen LogP) is 1.43. The molecule has 1 aromatic heterocycles. The average molecular weight is 299 g/mol. The van der Waals surface area contributed by atoms with Gasteiger partial charge < -0.3 is 15.0 Å². The van der Waals surface area contributed by atoms with Crippen LogP contribution in [0.3, 0.4) is 0 Å². The van der Waals surface area contributed by atoms with Crippen molar-refractivity contribution in [3.8, 4) is 5.75 Å². The normalized spacial score (nSPS) is 28.8. The Morgan fingerprint density at radius 2 is 2.18 bits per heavy atom. The molecule has 0 bridgehead atoms. The third kappa shape index (κ3) is 1.75. The van der Waals surface area contributed by atoms with Gasteiger partial charge in [-0.15, -0.1) is 0 Å². The highest BCUT2D eigenvalue weighted by Crippen LogP contribution is 2.48. The molecule has 3 aliphatic heterocycles. The van der Waals surface area contributed by atoms with Crippen molar-refractivity contribution in [1.82, 2.24) is 15.2 Å². The number of hydrogen-bond acceptors (Lipinski definition) is 4. The number of nitrogens with one attached hydrogen (secondary N) is 1. The van der Waals surface area contributed by atoms with Crippen molar-refractivity contribution in [3.05, 3.63) is 23.5 Å². The summed E-state index contributed by atoms with van der Waals surface area (Å²) >= 11 is 0. The summed E-state index contributed by atoms with van der Waals surface area (Å²) in [7, 11) is 0. The van der Waals surface area contributed by atoms with Crippen LogP contribution in [0.2, 0.25) is 0 Å². The van der Waals surface area contributed by atoms with Crippen molar-refractivity contribution >= 4 is 5.91 Å². The van der Waals surface area contributed by atoms with Gasteiger partial charge in [0.2, 0.25) is 5.91 Å². The van der Waals surface area contributed by atoms with E-state index in [0.717, 1.165) is 56.8 Å². The Labute approximate surface area is 130 Å². The molecule has 1 aliphatic carbocycles. The minimum Gasteiger partial charge on any atom is -0.490 e. The van der Waals surface area contributed by atoms with Crippen LogP contribution in [-0.2, 0) is 11.2 Å². The number of hydrogen-bond donors (Lipinski definition) is 1. The highest BCUT2D eigenvalue weighted by molar-refractivity contribution is 5.79. The second kappa shape index (κ2) is 4.44. The molecule has 1 spiro atoms. The van der Waals surface area contributed by atoms with Gasteiger partial charge in [0.25, 0.3) is 0 Å². The maximum absolute atomic E-state index is 12.0. The molecular weight excluding hydrogens is 278 g/mol. The predicted molar refractivity (Wildman–Crippen MR) is 80.6 cm³/mol. The van der Waals surface area contributed by atoms with Crippen LogP contribution in [0.15, 0.2) is 12.3 Å². The van der Waals surface area contributed by atoms with Gasteiger partial charge in [-0.2, -0.15) is 0 Å². The van der Waals surface area contributed by atoms with E-state index >= 15 is 0 Å². The van der Waals surface area contributed by atoms with E-state index in [9.17, 15) is 4.79 Å². The Morgan fingerprint density at radius 3 is 2.95 bits per heavy atom. The van der Waals surface area contributed by atoms with E-state index in [-0.39, 0.29) is 11.9 Å². The fraction of sp³-hybridized carbons (Fsp3) is 0.647. The van der Waals surface area contributed by atoms with E-state index in [2.05, 4.69) is 10.3 Å². The third-order valence-corrected chi connectivity index (χ3v) is 5.90. The molecule has 0 radical (unpaired) electrons. The Kier molecular flexibility index (Phi) is 2.60. The minimum absolute atomic E-state index is 0.194. The number of carbonyl (C=O) groups is 1. The number of amides is 1. The summed E-state index contributed by atoms with van der Waals surface area (Å²) in [5, 5.41) is 3.36. The summed E-state index contributed by atoms with van der Waals surface area (Å²) < 4.78 is 6.32. The third-order valence-electron chi connectivity index (χ3n) is 5.90. The summed E-state index contributed by atoms with van der Waals surface area (Å²) in [4.78, 5) is 18.6. The lowest BCUT2D eigenvalue weighted by Gasteiger charge is -2.54. The summed E-state index contributed by atoms with van der Waals surface area (Å²) in [6.07, 6.45) is 6.94. The molecule has 1 saturated carbocycles. The van der Waals surface area contributed by atoms with Gasteiger partial charge in [0.1, 0.15) is 5.75 Å². The Bertz CT molecular complexity index is 633. The molecule has 5 nitrogen and oxygen atoms in total. The molecule has 1 unspecified atom stereocenters. The fourth-order valence-electron chi connectivity index (χ4n) is 4.63. The minimum atomic E-state index is 0.194. The van der Waals surface area contributed by atoms with Crippen molar-refractivity contribution in [2.24, 2.45) is 5.41 Å². The Balaban J connectivity index is 1.41. The first-order chi connectivity index (χ1) is 10.7. The van der Waals surface area contributed by atoms with Crippen molar-refractivity contribution in [2.75, 3.05) is 19.6 Å². The van der Waals surface area contributed by atoms with Crippen LogP contribution in [0.25, 0.3) is 0 Å². The number of rotatable bonds is 2. The molecule has 22 heavy (non-hydrogen) atoms. The maximum Gasteiger partial charge on any atom is 0.223 e. The number of aromatic nitrogens is 1. The molecule has 1 atom stereocenters. The Morgan fingerprint density at radius 1 is 1.32 bits per heavy atom. The van der Waals surface area contributed by atoms with Crippen LogP contribution in [-0.4, -0.2) is 41.5 Å². The largest absolute Gasteiger partial charge is 0.490 e. The van der Waals surface area contributed by atoms with E-state index in [4.69, 9.17) is 4.74 Å². The molecular formula is C17H21N3O2. The topological polar surface area (TPSA) is 54.5 Å². The van der Waals surface area contributed by atoms with Crippen molar-refractivity contribution in [1.29, 1.82) is 0 Å². The second-order valence-electron chi connectivity index (χ2n) is 7.31. The molecule has 2 saturated heterocycles. The lowest BCUT2D eigenvalue weighted by Crippen LogP contribution is -2.62. The summed E-state index contributed by atoms with van der Waals surface area (Å²) in [5.41, 5.74) is 2.84. The number of carbonyl (C=O) groups excluding carboxylic acids is 1. The van der Waals surface area contributed by atoms with Gasteiger partial charge in [-0.05, 0) is 25.3 Å². The smallest absolute Gasteiger partial charge is 0.223 e. The molecule has 1 amide bonds. The molecule has 1 N–H and O–H groups in total. The summed E-state index contributed by atoms with van der Waals surface area (Å²) in [6.45, 7) is 3.10. The van der Waals surface area contributed by atoms with Crippen molar-refractivity contribution < 1.29 is 9.53 Å². The van der Waals surface area contributed by atoms with Crippen LogP contribution in [0.5, 0.6) is 5.75 Å². The lowest BCUT2D eigenvalue weighted by molar-refractivity contribution is -0.129. The molecule has 5 rings (SSSR count). The molecule has 0 aromatic carbocycles. The first-order valence-corrected chi connectivity index (χ1v) is 8.39. The SMILES string of the molecule is O=C1CCC2c3c(OC4CC5(CNC5)C4)ccnc3CCN12. The highest BCUT2D eigenvalue weighted by atomic mass is 16.5. The quantitative estimate of drug-likeness (QED) is 0.897. The number of ether oxygens (including phenoxy) is 1. The van der Waals surface area contributed by atoms with E-state index in [0.29, 0.717) is 17.9 Å². The van der Waals surface area contributed by atoms with Gasteiger partial charge in [-0.25, -0.2) is 0 Å². The zero-order valence-electron chi connectivity index (χ0n) is 12.7. The van der Waals surface area contributed by atoms with E-state index in [1.54, 1.807) is 0 Å². The standard InChI is InChI=1S/C17H21N3O2/c21-15-2-1-13-16-12(4-6-20(13)15)19-5-3-14(16)22-11-7-17(8-11)9-18-10-17/h3,5,11,13,18H,1-2,4,6-10H2. The molecule has 4 aliphatic rings. The lowest BCUT2D eigenvalue weighted by atomic mass is 9.63. The maximum atomic E-state index is 12.0. The van der Waals surface area contributed by atoms with Crippen molar-refractivity contribution in [2.45, 2.75) is 44.2 Å². The highest BCUT2D eigenvalue weighted by Gasteiger charge is 2.50. The summed E-state index contributed by atoms with van der Waals surface area (Å²) in [5.74, 6) is 1.26. The van der Waals surface area contributed by atoms with E-state index in [1.165, 1.54) is 5.56 Å². The van der Waals surface area contributed by atoms with E-state index < -0.39 is 0 Å². The average Bonchev–Trinajstić information content (AvgIpc) is 2.82. The number of fused-ring (bicyclic) bond motifs is 3. The molecule has 3 fully saturated rings. The van der Waals surface area contributed by atoms with Gasteiger partial charge in [0.05, 0.1) is 17.8 Å². The van der Waals surface area contributed by atoms with Crippen LogP contribution in [0.4, 0.5) is 0 Å². The van der Waals surface area contributed by atoms with Gasteiger partial charge >= 0.3 is 0 Å². The zero-order valence-corrected chi connectivity index (χ0v) is 12.7.